The molecular weight excluding hydrogens is 296 g/mol. The van der Waals surface area contributed by atoms with Gasteiger partial charge in [0.05, 0.1) is 0 Å². The average Bonchev–Trinajstić information content (AvgIpc) is 2.85. The number of aromatic nitrogens is 1. The van der Waals surface area contributed by atoms with Crippen molar-refractivity contribution in [2.24, 2.45) is 0 Å². The number of hydrogen-bond donors (Lipinski definition) is 1. The molecule has 1 N–H and O–H groups in total. The zero-order chi connectivity index (χ0) is 15.0. The van der Waals surface area contributed by atoms with Crippen molar-refractivity contribution < 1.29 is 13.6 Å². The Morgan fingerprint density at radius 3 is 2.67 bits per heavy atom. The lowest BCUT2D eigenvalue weighted by Crippen LogP contribution is -2.03. The Morgan fingerprint density at radius 2 is 1.90 bits per heavy atom. The SMILES string of the molecule is O=C(Cc1ccc(F)c(F)c1)c1c[nH]c2cc(Cl)ccc12. The van der Waals surface area contributed by atoms with Gasteiger partial charge in [-0.25, -0.2) is 8.78 Å². The van der Waals surface area contributed by atoms with Gasteiger partial charge in [0, 0.05) is 34.1 Å². The standard InChI is InChI=1S/C16H10ClF2NO/c17-10-2-3-11-12(8-20-15(11)7-10)16(21)6-9-1-4-13(18)14(19)5-9/h1-5,7-8,20H,6H2. The summed E-state index contributed by atoms with van der Waals surface area (Å²) in [6.07, 6.45) is 1.61. The summed E-state index contributed by atoms with van der Waals surface area (Å²) in [5.41, 5.74) is 1.70. The molecule has 1 aromatic heterocycles. The summed E-state index contributed by atoms with van der Waals surface area (Å²) in [5, 5.41) is 1.33. The van der Waals surface area contributed by atoms with Gasteiger partial charge < -0.3 is 4.98 Å². The van der Waals surface area contributed by atoms with Gasteiger partial charge in [-0.1, -0.05) is 23.7 Å². The molecule has 0 saturated carbocycles. The summed E-state index contributed by atoms with van der Waals surface area (Å²) in [6.45, 7) is 0. The van der Waals surface area contributed by atoms with Crippen molar-refractivity contribution in [3.05, 3.63) is 70.4 Å². The van der Waals surface area contributed by atoms with E-state index in [9.17, 15) is 13.6 Å². The average molecular weight is 306 g/mol. The van der Waals surface area contributed by atoms with Crippen LogP contribution in [0.15, 0.2) is 42.6 Å². The second-order valence-corrected chi connectivity index (χ2v) is 5.18. The van der Waals surface area contributed by atoms with E-state index in [0.717, 1.165) is 23.0 Å². The van der Waals surface area contributed by atoms with Crippen LogP contribution >= 0.6 is 11.6 Å². The second kappa shape index (κ2) is 5.30. The van der Waals surface area contributed by atoms with Crippen LogP contribution in [0.25, 0.3) is 10.9 Å². The lowest BCUT2D eigenvalue weighted by molar-refractivity contribution is 0.0994. The molecule has 3 rings (SSSR count). The second-order valence-electron chi connectivity index (χ2n) is 4.74. The lowest BCUT2D eigenvalue weighted by atomic mass is 10.0. The number of halogens is 3. The number of hydrogen-bond acceptors (Lipinski definition) is 1. The number of nitrogens with one attached hydrogen (secondary N) is 1. The highest BCUT2D eigenvalue weighted by atomic mass is 35.5. The minimum absolute atomic E-state index is 0.00673. The highest BCUT2D eigenvalue weighted by Crippen LogP contribution is 2.23. The molecule has 0 radical (unpaired) electrons. The van der Waals surface area contributed by atoms with Crippen molar-refractivity contribution in [2.75, 3.05) is 0 Å². The van der Waals surface area contributed by atoms with Gasteiger partial charge >= 0.3 is 0 Å². The predicted molar refractivity (Wildman–Crippen MR) is 77.7 cm³/mol. The van der Waals surface area contributed by atoms with Crippen molar-refractivity contribution >= 4 is 28.3 Å². The molecule has 0 aliphatic carbocycles. The van der Waals surface area contributed by atoms with E-state index in [4.69, 9.17) is 11.6 Å². The Kier molecular flexibility index (Phi) is 3.47. The van der Waals surface area contributed by atoms with E-state index in [1.54, 1.807) is 24.4 Å². The maximum absolute atomic E-state index is 13.2. The molecule has 5 heteroatoms. The summed E-state index contributed by atoms with van der Waals surface area (Å²) in [5.74, 6) is -2.05. The van der Waals surface area contributed by atoms with Gasteiger partial charge in [-0.3, -0.25) is 4.79 Å². The Hall–Kier alpha value is -2.20. The van der Waals surface area contributed by atoms with Crippen LogP contribution in [0.2, 0.25) is 5.02 Å². The van der Waals surface area contributed by atoms with Gasteiger partial charge in [0.1, 0.15) is 0 Å². The van der Waals surface area contributed by atoms with Crippen LogP contribution in [0.4, 0.5) is 8.78 Å². The van der Waals surface area contributed by atoms with Crippen LogP contribution in [0.5, 0.6) is 0 Å². The molecule has 3 aromatic rings. The maximum Gasteiger partial charge on any atom is 0.169 e. The molecule has 0 aliphatic heterocycles. The highest BCUT2D eigenvalue weighted by Gasteiger charge is 2.14. The summed E-state index contributed by atoms with van der Waals surface area (Å²) < 4.78 is 26.0. The Bertz CT molecular complexity index is 841. The molecule has 0 saturated heterocycles. The van der Waals surface area contributed by atoms with Crippen LogP contribution in [0.3, 0.4) is 0 Å². The third kappa shape index (κ3) is 2.67. The van der Waals surface area contributed by atoms with E-state index in [0.29, 0.717) is 16.1 Å². The molecule has 0 spiro atoms. The van der Waals surface area contributed by atoms with Gasteiger partial charge in [0.2, 0.25) is 0 Å². The van der Waals surface area contributed by atoms with E-state index >= 15 is 0 Å². The molecule has 0 bridgehead atoms. The van der Waals surface area contributed by atoms with Crippen LogP contribution in [-0.4, -0.2) is 10.8 Å². The molecule has 0 unspecified atom stereocenters. The number of Topliss-reactive ketones (excluding diaryl/α,β-unsaturated/α-hetero) is 1. The highest BCUT2D eigenvalue weighted by molar-refractivity contribution is 6.31. The van der Waals surface area contributed by atoms with Crippen molar-refractivity contribution in [1.82, 2.24) is 4.98 Å². The van der Waals surface area contributed by atoms with Crippen LogP contribution < -0.4 is 0 Å². The fourth-order valence-electron chi connectivity index (χ4n) is 2.26. The van der Waals surface area contributed by atoms with E-state index in [1.165, 1.54) is 6.07 Å². The monoisotopic (exact) mass is 305 g/mol. The first-order valence-corrected chi connectivity index (χ1v) is 6.66. The topological polar surface area (TPSA) is 32.9 Å². The number of fused-ring (bicyclic) bond motifs is 1. The number of rotatable bonds is 3. The summed E-state index contributed by atoms with van der Waals surface area (Å²) in [4.78, 5) is 15.3. The Balaban J connectivity index is 1.91. The molecule has 1 heterocycles. The molecule has 106 valence electrons. The zero-order valence-electron chi connectivity index (χ0n) is 10.8. The fraction of sp³-hybridized carbons (Fsp3) is 0.0625. The van der Waals surface area contributed by atoms with Crippen LogP contribution in [-0.2, 0) is 6.42 Å². The van der Waals surface area contributed by atoms with E-state index < -0.39 is 11.6 Å². The minimum atomic E-state index is -0.953. The number of H-pyrrole nitrogens is 1. The smallest absolute Gasteiger partial charge is 0.169 e. The normalized spacial score (nSPS) is 11.0. The van der Waals surface area contributed by atoms with Crippen molar-refractivity contribution in [3.8, 4) is 0 Å². The first-order chi connectivity index (χ1) is 10.0. The van der Waals surface area contributed by atoms with Crippen molar-refractivity contribution in [1.29, 1.82) is 0 Å². The minimum Gasteiger partial charge on any atom is -0.360 e. The molecule has 2 aromatic carbocycles. The largest absolute Gasteiger partial charge is 0.360 e. The molecular formula is C16H10ClF2NO. The molecule has 0 atom stereocenters. The summed E-state index contributed by atoms with van der Waals surface area (Å²) in [6, 6.07) is 8.65. The third-order valence-electron chi connectivity index (χ3n) is 3.29. The van der Waals surface area contributed by atoms with E-state index in [-0.39, 0.29) is 12.2 Å². The van der Waals surface area contributed by atoms with E-state index in [2.05, 4.69) is 4.98 Å². The maximum atomic E-state index is 13.2. The zero-order valence-corrected chi connectivity index (χ0v) is 11.5. The number of aromatic amines is 1. The Morgan fingerprint density at radius 1 is 1.10 bits per heavy atom. The Labute approximate surface area is 124 Å². The van der Waals surface area contributed by atoms with Crippen LogP contribution in [0, 0.1) is 11.6 Å². The van der Waals surface area contributed by atoms with Crippen molar-refractivity contribution in [3.63, 3.8) is 0 Å². The van der Waals surface area contributed by atoms with Gasteiger partial charge in [-0.2, -0.15) is 0 Å². The predicted octanol–water partition coefficient (Wildman–Crippen LogP) is 4.52. The lowest BCUT2D eigenvalue weighted by Gasteiger charge is -2.02. The van der Waals surface area contributed by atoms with E-state index in [1.807, 2.05) is 0 Å². The number of carbonyl (C=O) groups is 1. The number of carbonyl (C=O) groups excluding carboxylic acids is 1. The van der Waals surface area contributed by atoms with Gasteiger partial charge in [-0.05, 0) is 29.8 Å². The van der Waals surface area contributed by atoms with Gasteiger partial charge in [0.15, 0.2) is 17.4 Å². The quantitative estimate of drug-likeness (QED) is 0.709. The van der Waals surface area contributed by atoms with Gasteiger partial charge in [0.25, 0.3) is 0 Å². The van der Waals surface area contributed by atoms with Crippen LogP contribution in [0.1, 0.15) is 15.9 Å². The molecule has 21 heavy (non-hydrogen) atoms. The molecule has 0 aliphatic rings. The summed E-state index contributed by atoms with van der Waals surface area (Å²) in [7, 11) is 0. The third-order valence-corrected chi connectivity index (χ3v) is 3.53. The fourth-order valence-corrected chi connectivity index (χ4v) is 2.43. The van der Waals surface area contributed by atoms with Crippen molar-refractivity contribution in [2.45, 2.75) is 6.42 Å². The molecule has 2 nitrogen and oxygen atoms in total. The number of benzene rings is 2. The first-order valence-electron chi connectivity index (χ1n) is 6.28. The van der Waals surface area contributed by atoms with Gasteiger partial charge in [-0.15, -0.1) is 0 Å². The molecule has 0 amide bonds. The number of ketones is 1. The molecule has 0 fully saturated rings. The first kappa shape index (κ1) is 13.8. The summed E-state index contributed by atoms with van der Waals surface area (Å²) >= 11 is 5.89.